The van der Waals surface area contributed by atoms with Gasteiger partial charge in [0.15, 0.2) is 0 Å². The molecule has 2 rings (SSSR count). The zero-order valence-electron chi connectivity index (χ0n) is 10.1. The second-order valence-corrected chi connectivity index (χ2v) is 6.42. The molecule has 0 atom stereocenters. The van der Waals surface area contributed by atoms with E-state index in [1.54, 1.807) is 12.1 Å². The number of nitrogens with two attached hydrogens (primary N) is 1. The number of nitrogen functional groups attached to an aromatic ring is 1. The van der Waals surface area contributed by atoms with Crippen LogP contribution in [0, 0.1) is 0 Å². The number of benzene rings is 2. The van der Waals surface area contributed by atoms with E-state index >= 15 is 0 Å². The molecule has 4 nitrogen and oxygen atoms in total. The molecule has 0 bridgehead atoms. The minimum atomic E-state index is -3.78. The molecule has 0 saturated carbocycles. The van der Waals surface area contributed by atoms with Crippen molar-refractivity contribution in [1.29, 1.82) is 0 Å². The highest BCUT2D eigenvalue weighted by Gasteiger charge is 2.11. The fourth-order valence-corrected chi connectivity index (χ4v) is 2.74. The Balaban J connectivity index is 2.32. The third-order valence-electron chi connectivity index (χ3n) is 2.47. The minimum Gasteiger partial charge on any atom is -0.399 e. The van der Waals surface area contributed by atoms with Gasteiger partial charge >= 0.3 is 0 Å². The Morgan fingerprint density at radius 3 is 2.30 bits per heavy atom. The maximum absolute atomic E-state index is 12.0. The monoisotopic (exact) mass is 328 g/mol. The first-order valence-electron chi connectivity index (χ1n) is 5.49. The Kier molecular flexibility index (Phi) is 4.32. The number of nitrogens with zero attached hydrogens (tertiary/aromatic N) is 1. The highest BCUT2D eigenvalue weighted by atomic mass is 35.5. The van der Waals surface area contributed by atoms with Gasteiger partial charge in [-0.2, -0.15) is 12.8 Å². The molecule has 2 aromatic rings. The van der Waals surface area contributed by atoms with Crippen molar-refractivity contribution in [2.45, 2.75) is 4.90 Å². The van der Waals surface area contributed by atoms with Crippen molar-refractivity contribution < 1.29 is 8.42 Å². The summed E-state index contributed by atoms with van der Waals surface area (Å²) < 4.78 is 27.6. The van der Waals surface area contributed by atoms with E-state index < -0.39 is 10.0 Å². The van der Waals surface area contributed by atoms with Gasteiger partial charge in [0, 0.05) is 22.5 Å². The number of rotatable bonds is 3. The molecule has 0 heterocycles. The van der Waals surface area contributed by atoms with Crippen LogP contribution in [0.5, 0.6) is 0 Å². The molecule has 0 aliphatic heterocycles. The van der Waals surface area contributed by atoms with Crippen LogP contribution in [-0.2, 0) is 10.0 Å². The van der Waals surface area contributed by atoms with Crippen molar-refractivity contribution in [2.75, 3.05) is 5.73 Å². The first-order chi connectivity index (χ1) is 9.38. The minimum absolute atomic E-state index is 0.0630. The summed E-state index contributed by atoms with van der Waals surface area (Å²) in [7, 11) is -3.78. The molecule has 0 unspecified atom stereocenters. The summed E-state index contributed by atoms with van der Waals surface area (Å²) in [5.74, 6) is 0. The first kappa shape index (κ1) is 14.8. The van der Waals surface area contributed by atoms with E-state index in [2.05, 4.69) is 4.40 Å². The molecule has 0 radical (unpaired) electrons. The lowest BCUT2D eigenvalue weighted by molar-refractivity contribution is 0.598. The van der Waals surface area contributed by atoms with Crippen LogP contribution in [0.25, 0.3) is 0 Å². The maximum Gasteiger partial charge on any atom is 0.282 e. The molecular weight excluding hydrogens is 319 g/mol. The summed E-state index contributed by atoms with van der Waals surface area (Å²) in [6.07, 6.45) is 1.18. The number of halogens is 2. The van der Waals surface area contributed by atoms with Gasteiger partial charge in [0.1, 0.15) is 0 Å². The van der Waals surface area contributed by atoms with E-state index in [0.29, 0.717) is 21.3 Å². The second kappa shape index (κ2) is 5.83. The highest BCUT2D eigenvalue weighted by molar-refractivity contribution is 7.90. The van der Waals surface area contributed by atoms with Gasteiger partial charge in [-0.25, -0.2) is 0 Å². The van der Waals surface area contributed by atoms with Gasteiger partial charge in [-0.15, -0.1) is 0 Å². The van der Waals surface area contributed by atoms with Gasteiger partial charge in [-0.1, -0.05) is 29.3 Å². The van der Waals surface area contributed by atoms with Crippen molar-refractivity contribution in [3.05, 3.63) is 58.1 Å². The summed E-state index contributed by atoms with van der Waals surface area (Å²) in [6.45, 7) is 0. The molecule has 2 aromatic carbocycles. The van der Waals surface area contributed by atoms with Crippen molar-refractivity contribution in [2.24, 2.45) is 4.40 Å². The van der Waals surface area contributed by atoms with Gasteiger partial charge < -0.3 is 5.73 Å². The lowest BCUT2D eigenvalue weighted by Gasteiger charge is -2.00. The van der Waals surface area contributed by atoms with Crippen LogP contribution < -0.4 is 5.73 Å². The normalized spacial score (nSPS) is 11.9. The van der Waals surface area contributed by atoms with E-state index in [0.717, 1.165) is 0 Å². The number of sulfonamides is 1. The van der Waals surface area contributed by atoms with Crippen molar-refractivity contribution >= 4 is 45.1 Å². The van der Waals surface area contributed by atoms with Gasteiger partial charge in [0.05, 0.1) is 9.92 Å². The fraction of sp³-hybridized carbons (Fsp3) is 0. The summed E-state index contributed by atoms with van der Waals surface area (Å²) in [5.41, 5.74) is 6.45. The zero-order valence-corrected chi connectivity index (χ0v) is 12.5. The predicted molar refractivity (Wildman–Crippen MR) is 82.1 cm³/mol. The van der Waals surface area contributed by atoms with Crippen molar-refractivity contribution in [3.8, 4) is 0 Å². The molecule has 104 valence electrons. The third kappa shape index (κ3) is 3.50. The Morgan fingerprint density at radius 2 is 1.70 bits per heavy atom. The van der Waals surface area contributed by atoms with E-state index in [1.807, 2.05) is 0 Å². The lowest BCUT2D eigenvalue weighted by atomic mass is 10.2. The highest BCUT2D eigenvalue weighted by Crippen LogP contribution is 2.20. The second-order valence-electron chi connectivity index (χ2n) is 3.94. The van der Waals surface area contributed by atoms with Crippen molar-refractivity contribution in [3.63, 3.8) is 0 Å². The van der Waals surface area contributed by atoms with Crippen LogP contribution >= 0.6 is 23.2 Å². The zero-order chi connectivity index (χ0) is 14.8. The van der Waals surface area contributed by atoms with Gasteiger partial charge in [0.25, 0.3) is 10.0 Å². The lowest BCUT2D eigenvalue weighted by Crippen LogP contribution is -1.98. The Labute approximate surface area is 126 Å². The average Bonchev–Trinajstić information content (AvgIpc) is 2.38. The summed E-state index contributed by atoms with van der Waals surface area (Å²) in [6, 6.07) is 10.5. The molecule has 0 fully saturated rings. The van der Waals surface area contributed by atoms with E-state index in [-0.39, 0.29) is 4.90 Å². The van der Waals surface area contributed by atoms with Crippen LogP contribution in [-0.4, -0.2) is 14.6 Å². The molecular formula is C13H10Cl2N2O2S. The SMILES string of the molecule is Nc1ccc(S(=O)(=O)/N=C/c2ccc(Cl)cc2Cl)cc1. The van der Waals surface area contributed by atoms with Crippen LogP contribution in [0.15, 0.2) is 51.8 Å². The van der Waals surface area contributed by atoms with Gasteiger partial charge in [0.2, 0.25) is 0 Å². The average molecular weight is 329 g/mol. The van der Waals surface area contributed by atoms with Crippen LogP contribution in [0.4, 0.5) is 5.69 Å². The first-order valence-corrected chi connectivity index (χ1v) is 7.69. The van der Waals surface area contributed by atoms with E-state index in [1.165, 1.54) is 36.5 Å². The molecule has 20 heavy (non-hydrogen) atoms. The summed E-state index contributed by atoms with van der Waals surface area (Å²) in [4.78, 5) is 0.0630. The molecule has 0 saturated heterocycles. The molecule has 0 spiro atoms. The third-order valence-corrected chi connectivity index (χ3v) is 4.28. The molecule has 0 aromatic heterocycles. The van der Waals surface area contributed by atoms with Crippen LogP contribution in [0.3, 0.4) is 0 Å². The Bertz CT molecular complexity index is 756. The Morgan fingerprint density at radius 1 is 1.05 bits per heavy atom. The quantitative estimate of drug-likeness (QED) is 0.693. The molecule has 0 aliphatic rings. The molecule has 2 N–H and O–H groups in total. The van der Waals surface area contributed by atoms with Gasteiger partial charge in [-0.3, -0.25) is 0 Å². The topological polar surface area (TPSA) is 72.5 Å². The Hall–Kier alpha value is -1.56. The van der Waals surface area contributed by atoms with Crippen LogP contribution in [0.1, 0.15) is 5.56 Å². The van der Waals surface area contributed by atoms with Gasteiger partial charge in [-0.05, 0) is 36.4 Å². The van der Waals surface area contributed by atoms with Crippen molar-refractivity contribution in [1.82, 2.24) is 0 Å². The molecule has 7 heteroatoms. The summed E-state index contributed by atoms with van der Waals surface area (Å²) >= 11 is 11.7. The number of hydrogen-bond donors (Lipinski definition) is 1. The molecule has 0 aliphatic carbocycles. The smallest absolute Gasteiger partial charge is 0.282 e. The number of hydrogen-bond acceptors (Lipinski definition) is 3. The van der Waals surface area contributed by atoms with E-state index in [9.17, 15) is 8.42 Å². The number of anilines is 1. The molecule has 0 amide bonds. The predicted octanol–water partition coefficient (Wildman–Crippen LogP) is 3.38. The summed E-state index contributed by atoms with van der Waals surface area (Å²) in [5, 5.41) is 0.794. The largest absolute Gasteiger partial charge is 0.399 e. The fourth-order valence-electron chi connectivity index (χ4n) is 1.43. The maximum atomic E-state index is 12.0. The van der Waals surface area contributed by atoms with E-state index in [4.69, 9.17) is 28.9 Å². The standard InChI is InChI=1S/C13H10Cl2N2O2S/c14-10-2-1-9(13(15)7-10)8-17-20(18,19)12-5-3-11(16)4-6-12/h1-8H,16H2/b17-8+. The van der Waals surface area contributed by atoms with Crippen LogP contribution in [0.2, 0.25) is 10.0 Å².